The van der Waals surface area contributed by atoms with Gasteiger partial charge in [-0.05, 0) is 48.7 Å². The molecule has 4 aromatic rings. The molecular weight excluding hydrogens is 509 g/mol. The molecule has 39 heavy (non-hydrogen) atoms. The molecule has 1 aliphatic heterocycles. The molecule has 0 unspecified atom stereocenters. The smallest absolute Gasteiger partial charge is 0.340 e. The van der Waals surface area contributed by atoms with Crippen LogP contribution in [0, 0.1) is 5.92 Å². The standard InChI is InChI=1S/C27H27F3N8O/c28-27(29,30)25-32-9-7-20(33-25)19-4-5-21-22(15-19)35-26(34-21)36-23-14-17(6-8-31-23)16-37-10-12-38(13-11-37)24(39)18-2-1-3-18/h4-9,14-15,18H,1-3,10-13,16H2,(H2,31,34,35,36). The predicted molar refractivity (Wildman–Crippen MR) is 139 cm³/mol. The molecular formula is C27H27F3N8O. The number of benzene rings is 1. The summed E-state index contributed by atoms with van der Waals surface area (Å²) >= 11 is 0. The number of pyridine rings is 1. The maximum Gasteiger partial charge on any atom is 0.451 e. The summed E-state index contributed by atoms with van der Waals surface area (Å²) in [5.74, 6) is 0.467. The number of fused-ring (bicyclic) bond motifs is 1. The maximum absolute atomic E-state index is 13.0. The molecule has 12 heteroatoms. The average molecular weight is 537 g/mol. The van der Waals surface area contributed by atoms with E-state index in [2.05, 4.69) is 35.1 Å². The monoisotopic (exact) mass is 536 g/mol. The van der Waals surface area contributed by atoms with Crippen molar-refractivity contribution in [1.82, 2.24) is 34.7 Å². The fourth-order valence-corrected chi connectivity index (χ4v) is 4.94. The van der Waals surface area contributed by atoms with E-state index >= 15 is 0 Å². The van der Waals surface area contributed by atoms with Crippen molar-refractivity contribution in [1.29, 1.82) is 0 Å². The quantitative estimate of drug-likeness (QED) is 0.371. The highest BCUT2D eigenvalue weighted by atomic mass is 19.4. The zero-order valence-corrected chi connectivity index (χ0v) is 21.1. The molecule has 1 aromatic carbocycles. The maximum atomic E-state index is 13.0. The molecule has 2 aliphatic rings. The van der Waals surface area contributed by atoms with Crippen LogP contribution in [0.1, 0.15) is 30.7 Å². The minimum Gasteiger partial charge on any atom is -0.340 e. The first-order valence-electron chi connectivity index (χ1n) is 13.0. The molecule has 1 saturated carbocycles. The number of amides is 1. The number of aromatic nitrogens is 5. The Balaban J connectivity index is 1.11. The number of carbonyl (C=O) groups excluding carboxylic acids is 1. The van der Waals surface area contributed by atoms with Crippen molar-refractivity contribution in [2.75, 3.05) is 31.5 Å². The first-order chi connectivity index (χ1) is 18.8. The molecule has 0 spiro atoms. The van der Waals surface area contributed by atoms with Crippen LogP contribution >= 0.6 is 0 Å². The largest absolute Gasteiger partial charge is 0.451 e. The second-order valence-electron chi connectivity index (χ2n) is 9.98. The molecule has 202 valence electrons. The Kier molecular flexibility index (Phi) is 6.63. The summed E-state index contributed by atoms with van der Waals surface area (Å²) in [6.07, 6.45) is 1.45. The molecule has 1 aliphatic carbocycles. The number of hydrogen-bond donors (Lipinski definition) is 2. The second kappa shape index (κ2) is 10.3. The highest BCUT2D eigenvalue weighted by Crippen LogP contribution is 2.30. The van der Waals surface area contributed by atoms with Crippen LogP contribution < -0.4 is 5.32 Å². The van der Waals surface area contributed by atoms with E-state index in [9.17, 15) is 18.0 Å². The van der Waals surface area contributed by atoms with E-state index in [0.717, 1.165) is 57.3 Å². The van der Waals surface area contributed by atoms with Gasteiger partial charge in [0.05, 0.1) is 16.7 Å². The van der Waals surface area contributed by atoms with Crippen LogP contribution in [0.15, 0.2) is 48.8 Å². The molecule has 1 amide bonds. The lowest BCUT2D eigenvalue weighted by atomic mass is 9.84. The van der Waals surface area contributed by atoms with Crippen LogP contribution in [0.25, 0.3) is 22.3 Å². The minimum absolute atomic E-state index is 0.172. The van der Waals surface area contributed by atoms with Crippen molar-refractivity contribution in [2.45, 2.75) is 32.0 Å². The number of rotatable bonds is 6. The van der Waals surface area contributed by atoms with E-state index in [1.54, 1.807) is 24.4 Å². The number of anilines is 2. The van der Waals surface area contributed by atoms with Crippen molar-refractivity contribution >= 4 is 28.7 Å². The lowest BCUT2D eigenvalue weighted by Crippen LogP contribution is -2.50. The summed E-state index contributed by atoms with van der Waals surface area (Å²) in [6, 6.07) is 10.5. The normalized spacial score (nSPS) is 16.8. The highest BCUT2D eigenvalue weighted by molar-refractivity contribution is 5.83. The van der Waals surface area contributed by atoms with E-state index < -0.39 is 12.0 Å². The van der Waals surface area contributed by atoms with Gasteiger partial charge in [0.1, 0.15) is 5.82 Å². The summed E-state index contributed by atoms with van der Waals surface area (Å²) in [7, 11) is 0. The van der Waals surface area contributed by atoms with Gasteiger partial charge in [-0.25, -0.2) is 19.9 Å². The molecule has 3 aromatic heterocycles. The van der Waals surface area contributed by atoms with Gasteiger partial charge in [-0.1, -0.05) is 12.5 Å². The van der Waals surface area contributed by atoms with E-state index in [4.69, 9.17) is 0 Å². The van der Waals surface area contributed by atoms with E-state index in [-0.39, 0.29) is 11.6 Å². The topological polar surface area (TPSA) is 103 Å². The van der Waals surface area contributed by atoms with Crippen LogP contribution in [0.4, 0.5) is 24.9 Å². The van der Waals surface area contributed by atoms with Crippen LogP contribution in [0.5, 0.6) is 0 Å². The Hall–Kier alpha value is -4.06. The zero-order valence-electron chi connectivity index (χ0n) is 21.1. The van der Waals surface area contributed by atoms with Crippen LogP contribution in [-0.4, -0.2) is 66.8 Å². The van der Waals surface area contributed by atoms with E-state index in [1.807, 2.05) is 17.0 Å². The summed E-state index contributed by atoms with van der Waals surface area (Å²) in [6.45, 7) is 3.96. The number of hydrogen-bond acceptors (Lipinski definition) is 7. The van der Waals surface area contributed by atoms with Gasteiger partial charge in [0, 0.05) is 56.6 Å². The third-order valence-electron chi connectivity index (χ3n) is 7.30. The summed E-state index contributed by atoms with van der Waals surface area (Å²) in [4.78, 5) is 35.9. The van der Waals surface area contributed by atoms with Gasteiger partial charge >= 0.3 is 6.18 Å². The molecule has 6 rings (SSSR count). The third-order valence-corrected chi connectivity index (χ3v) is 7.30. The van der Waals surface area contributed by atoms with Crippen molar-refractivity contribution in [3.05, 3.63) is 60.2 Å². The van der Waals surface area contributed by atoms with Crippen molar-refractivity contribution in [3.8, 4) is 11.3 Å². The Morgan fingerprint density at radius 1 is 1.00 bits per heavy atom. The van der Waals surface area contributed by atoms with Gasteiger partial charge in [-0.2, -0.15) is 13.2 Å². The molecule has 0 atom stereocenters. The van der Waals surface area contributed by atoms with Gasteiger partial charge in [0.25, 0.3) is 0 Å². The van der Waals surface area contributed by atoms with E-state index in [0.29, 0.717) is 34.3 Å². The Bertz CT molecular complexity index is 1490. The van der Waals surface area contributed by atoms with Gasteiger partial charge in [0.2, 0.25) is 17.7 Å². The number of piperazine rings is 1. The molecule has 0 radical (unpaired) electrons. The van der Waals surface area contributed by atoms with Gasteiger partial charge < -0.3 is 15.2 Å². The summed E-state index contributed by atoms with van der Waals surface area (Å²) in [5, 5.41) is 3.18. The number of nitrogens with zero attached hydrogens (tertiary/aromatic N) is 6. The number of alkyl halides is 3. The molecule has 2 N–H and O–H groups in total. The number of aromatic amines is 1. The number of imidazole rings is 1. The summed E-state index contributed by atoms with van der Waals surface area (Å²) in [5.41, 5.74) is 3.07. The molecule has 1 saturated heterocycles. The van der Waals surface area contributed by atoms with Gasteiger partial charge in [0.15, 0.2) is 0 Å². The van der Waals surface area contributed by atoms with E-state index in [1.165, 1.54) is 12.5 Å². The summed E-state index contributed by atoms with van der Waals surface area (Å²) < 4.78 is 39.1. The van der Waals surface area contributed by atoms with Crippen molar-refractivity contribution in [3.63, 3.8) is 0 Å². The molecule has 9 nitrogen and oxygen atoms in total. The Morgan fingerprint density at radius 3 is 2.54 bits per heavy atom. The second-order valence-corrected chi connectivity index (χ2v) is 9.98. The predicted octanol–water partition coefficient (Wildman–Crippen LogP) is 4.62. The number of nitrogens with one attached hydrogen (secondary N) is 2. The van der Waals surface area contributed by atoms with Crippen LogP contribution in [0.2, 0.25) is 0 Å². The lowest BCUT2D eigenvalue weighted by Gasteiger charge is -2.38. The Morgan fingerprint density at radius 2 is 1.79 bits per heavy atom. The van der Waals surface area contributed by atoms with Crippen molar-refractivity contribution in [2.24, 2.45) is 5.92 Å². The lowest BCUT2D eigenvalue weighted by molar-refractivity contribution is -0.145. The number of carbonyl (C=O) groups is 1. The SMILES string of the molecule is O=C(C1CCC1)N1CCN(Cc2ccnc(Nc3nc4ccc(-c5ccnc(C(F)(F)F)n5)cc4[nH]3)c2)CC1. The van der Waals surface area contributed by atoms with Crippen LogP contribution in [-0.2, 0) is 17.5 Å². The first-order valence-corrected chi connectivity index (χ1v) is 13.0. The molecule has 2 fully saturated rings. The van der Waals surface area contributed by atoms with Crippen LogP contribution in [0.3, 0.4) is 0 Å². The van der Waals surface area contributed by atoms with Gasteiger partial charge in [-0.15, -0.1) is 0 Å². The first kappa shape index (κ1) is 25.2. The molecule has 4 heterocycles. The number of halogens is 3. The van der Waals surface area contributed by atoms with Gasteiger partial charge in [-0.3, -0.25) is 9.69 Å². The minimum atomic E-state index is -4.62. The fraction of sp³-hybridized carbons (Fsp3) is 0.370. The fourth-order valence-electron chi connectivity index (χ4n) is 4.94. The third kappa shape index (κ3) is 5.56. The molecule has 0 bridgehead atoms. The van der Waals surface area contributed by atoms with Crippen molar-refractivity contribution < 1.29 is 18.0 Å². The average Bonchev–Trinajstić information content (AvgIpc) is 3.29. The Labute approximate surface area is 222 Å². The zero-order chi connectivity index (χ0) is 27.0. The highest BCUT2D eigenvalue weighted by Gasteiger charge is 2.35. The number of H-pyrrole nitrogens is 1.